The molecule has 0 aliphatic rings. The van der Waals surface area contributed by atoms with E-state index in [1.807, 2.05) is 0 Å². The Hall–Kier alpha value is -1.66. The van der Waals surface area contributed by atoms with E-state index in [1.165, 1.54) is 24.2 Å². The highest BCUT2D eigenvalue weighted by Crippen LogP contribution is 2.26. The van der Waals surface area contributed by atoms with Gasteiger partial charge in [0.25, 0.3) is 5.22 Å². The van der Waals surface area contributed by atoms with Crippen LogP contribution in [0.5, 0.6) is 0 Å². The fraction of sp³-hybridized carbons (Fsp3) is 0.167. The van der Waals surface area contributed by atoms with Crippen molar-refractivity contribution in [1.29, 1.82) is 0 Å². The third kappa shape index (κ3) is 3.65. The molecule has 1 atom stereocenters. The number of nitrogens with one attached hydrogen (secondary N) is 1. The van der Waals surface area contributed by atoms with E-state index in [4.69, 9.17) is 21.8 Å². The fourth-order valence-electron chi connectivity index (χ4n) is 1.34. The van der Waals surface area contributed by atoms with Crippen molar-refractivity contribution in [3.05, 3.63) is 35.7 Å². The van der Waals surface area contributed by atoms with Crippen LogP contribution in [0.3, 0.4) is 0 Å². The number of benzene rings is 1. The second-order valence-electron chi connectivity index (χ2n) is 3.78. The highest BCUT2D eigenvalue weighted by Gasteiger charge is 2.17. The molecule has 0 saturated heterocycles. The average molecular weight is 298 g/mol. The lowest BCUT2D eigenvalue weighted by Crippen LogP contribution is -2.23. The molecule has 7 heteroatoms. The molecule has 1 aromatic carbocycles. The molecule has 1 aromatic heterocycles. The molecule has 0 fully saturated rings. The first-order valence-electron chi connectivity index (χ1n) is 5.48. The summed E-state index contributed by atoms with van der Waals surface area (Å²) < 4.78 is 5.07. The van der Waals surface area contributed by atoms with Crippen LogP contribution in [0.4, 0.5) is 11.4 Å². The Morgan fingerprint density at radius 2 is 2.37 bits per heavy atom. The zero-order chi connectivity index (χ0) is 13.8. The number of nitrogens with zero attached hydrogens (tertiary/aromatic N) is 1. The predicted octanol–water partition coefficient (Wildman–Crippen LogP) is 3.03. The third-order valence-electron chi connectivity index (χ3n) is 2.33. The topological polar surface area (TPSA) is 81.2 Å². The van der Waals surface area contributed by atoms with E-state index in [-0.39, 0.29) is 11.2 Å². The first-order chi connectivity index (χ1) is 9.06. The van der Waals surface area contributed by atoms with Gasteiger partial charge in [0, 0.05) is 5.02 Å². The maximum Gasteiger partial charge on any atom is 0.256 e. The van der Waals surface area contributed by atoms with Crippen molar-refractivity contribution in [2.45, 2.75) is 17.4 Å². The van der Waals surface area contributed by atoms with Gasteiger partial charge in [-0.1, -0.05) is 23.4 Å². The van der Waals surface area contributed by atoms with Gasteiger partial charge in [0.15, 0.2) is 0 Å². The minimum atomic E-state index is -0.364. The lowest BCUT2D eigenvalue weighted by molar-refractivity contribution is -0.115. The van der Waals surface area contributed by atoms with Gasteiger partial charge in [-0.05, 0) is 25.1 Å². The number of hydrogen-bond donors (Lipinski definition) is 2. The minimum Gasteiger partial charge on any atom is -0.440 e. The summed E-state index contributed by atoms with van der Waals surface area (Å²) in [7, 11) is 0. The fourth-order valence-corrected chi connectivity index (χ4v) is 2.22. The smallest absolute Gasteiger partial charge is 0.256 e. The first-order valence-corrected chi connectivity index (χ1v) is 6.74. The molecule has 1 amide bonds. The van der Waals surface area contributed by atoms with Crippen molar-refractivity contribution in [2.75, 3.05) is 11.1 Å². The van der Waals surface area contributed by atoms with Gasteiger partial charge in [0.2, 0.25) is 5.91 Å². The van der Waals surface area contributed by atoms with Gasteiger partial charge >= 0.3 is 0 Å². The molecule has 1 heterocycles. The Kier molecular flexibility index (Phi) is 4.34. The van der Waals surface area contributed by atoms with Gasteiger partial charge in [0.05, 0.1) is 22.8 Å². The summed E-state index contributed by atoms with van der Waals surface area (Å²) in [5, 5.41) is 3.32. The number of halogens is 1. The van der Waals surface area contributed by atoms with Crippen LogP contribution in [0.15, 0.2) is 40.3 Å². The number of aromatic nitrogens is 1. The van der Waals surface area contributed by atoms with E-state index in [0.717, 1.165) is 0 Å². The van der Waals surface area contributed by atoms with Crippen molar-refractivity contribution in [3.63, 3.8) is 0 Å². The Bertz CT molecular complexity index is 574. The molecule has 2 aromatic rings. The first kappa shape index (κ1) is 13.8. The number of nitrogen functional groups attached to an aromatic ring is 1. The summed E-state index contributed by atoms with van der Waals surface area (Å²) in [5.74, 6) is -0.197. The Morgan fingerprint density at radius 3 is 3.05 bits per heavy atom. The molecule has 3 N–H and O–H groups in total. The number of rotatable bonds is 4. The Labute approximate surface area is 119 Å². The van der Waals surface area contributed by atoms with E-state index in [2.05, 4.69) is 10.3 Å². The molecule has 19 heavy (non-hydrogen) atoms. The van der Waals surface area contributed by atoms with Crippen molar-refractivity contribution in [2.24, 2.45) is 0 Å². The van der Waals surface area contributed by atoms with E-state index in [0.29, 0.717) is 21.6 Å². The second kappa shape index (κ2) is 5.99. The number of nitrogens with two attached hydrogens (primary N) is 1. The van der Waals surface area contributed by atoms with E-state index < -0.39 is 0 Å². The normalized spacial score (nSPS) is 12.1. The van der Waals surface area contributed by atoms with Crippen LogP contribution >= 0.6 is 23.4 Å². The summed E-state index contributed by atoms with van der Waals surface area (Å²) in [6.45, 7) is 1.75. The highest BCUT2D eigenvalue weighted by molar-refractivity contribution is 8.00. The molecule has 0 aliphatic carbocycles. The minimum absolute atomic E-state index is 0.197. The highest BCUT2D eigenvalue weighted by atomic mass is 35.5. The van der Waals surface area contributed by atoms with Gasteiger partial charge in [-0.25, -0.2) is 4.98 Å². The molecule has 0 saturated carbocycles. The average Bonchev–Trinajstić information content (AvgIpc) is 2.86. The quantitative estimate of drug-likeness (QED) is 0.669. The standard InChI is InChI=1S/C12H12ClN3O2S/c1-7(19-12-15-4-5-18-12)11(17)16-10-6-8(13)2-3-9(10)14/h2-7H,14H2,1H3,(H,16,17). The summed E-state index contributed by atoms with van der Waals surface area (Å²) in [6.07, 6.45) is 2.99. The Morgan fingerprint density at radius 1 is 1.58 bits per heavy atom. The number of anilines is 2. The summed E-state index contributed by atoms with van der Waals surface area (Å²) >= 11 is 7.08. The molecular formula is C12H12ClN3O2S. The SMILES string of the molecule is CC(Sc1ncco1)C(=O)Nc1cc(Cl)ccc1N. The lowest BCUT2D eigenvalue weighted by atomic mass is 10.2. The molecule has 0 spiro atoms. The van der Waals surface area contributed by atoms with E-state index >= 15 is 0 Å². The molecule has 5 nitrogen and oxygen atoms in total. The molecular weight excluding hydrogens is 286 g/mol. The molecule has 100 valence electrons. The maximum absolute atomic E-state index is 12.0. The molecule has 1 unspecified atom stereocenters. The summed E-state index contributed by atoms with van der Waals surface area (Å²) in [5.41, 5.74) is 6.72. The van der Waals surface area contributed by atoms with Crippen LogP contribution in [0, 0.1) is 0 Å². The van der Waals surface area contributed by atoms with Crippen molar-refractivity contribution < 1.29 is 9.21 Å². The van der Waals surface area contributed by atoms with Gasteiger partial charge in [-0.3, -0.25) is 4.79 Å². The van der Waals surface area contributed by atoms with E-state index in [1.54, 1.807) is 25.1 Å². The van der Waals surface area contributed by atoms with Crippen LogP contribution in [0.2, 0.25) is 5.02 Å². The van der Waals surface area contributed by atoms with Crippen LogP contribution in [-0.4, -0.2) is 16.1 Å². The van der Waals surface area contributed by atoms with Crippen LogP contribution < -0.4 is 11.1 Å². The number of thioether (sulfide) groups is 1. The predicted molar refractivity (Wildman–Crippen MR) is 76.3 cm³/mol. The number of carbonyl (C=O) groups is 1. The number of carbonyl (C=O) groups excluding carboxylic acids is 1. The van der Waals surface area contributed by atoms with Crippen molar-refractivity contribution in [1.82, 2.24) is 4.98 Å². The van der Waals surface area contributed by atoms with Gasteiger partial charge < -0.3 is 15.5 Å². The molecule has 0 aliphatic heterocycles. The monoisotopic (exact) mass is 297 g/mol. The largest absolute Gasteiger partial charge is 0.440 e. The van der Waals surface area contributed by atoms with Gasteiger partial charge in [0.1, 0.15) is 6.26 Å². The van der Waals surface area contributed by atoms with Crippen molar-refractivity contribution in [3.8, 4) is 0 Å². The molecule has 0 bridgehead atoms. The zero-order valence-corrected chi connectivity index (χ0v) is 11.7. The van der Waals surface area contributed by atoms with Crippen LogP contribution in [-0.2, 0) is 4.79 Å². The van der Waals surface area contributed by atoms with Crippen LogP contribution in [0.1, 0.15) is 6.92 Å². The number of amides is 1. The van der Waals surface area contributed by atoms with Gasteiger partial charge in [-0.15, -0.1) is 0 Å². The van der Waals surface area contributed by atoms with E-state index in [9.17, 15) is 4.79 Å². The van der Waals surface area contributed by atoms with Gasteiger partial charge in [-0.2, -0.15) is 0 Å². The molecule has 2 rings (SSSR count). The number of oxazole rings is 1. The molecule has 0 radical (unpaired) electrons. The summed E-state index contributed by atoms with van der Waals surface area (Å²) in [4.78, 5) is 15.9. The van der Waals surface area contributed by atoms with Crippen LogP contribution in [0.25, 0.3) is 0 Å². The van der Waals surface area contributed by atoms with Crippen molar-refractivity contribution >= 4 is 40.6 Å². The number of hydrogen-bond acceptors (Lipinski definition) is 5. The zero-order valence-electron chi connectivity index (χ0n) is 10.1. The Balaban J connectivity index is 2.02. The lowest BCUT2D eigenvalue weighted by Gasteiger charge is -2.12. The maximum atomic E-state index is 12.0. The third-order valence-corrected chi connectivity index (χ3v) is 3.54. The summed E-state index contributed by atoms with van der Waals surface area (Å²) in [6, 6.07) is 4.92. The second-order valence-corrected chi connectivity index (χ2v) is 5.51.